The van der Waals surface area contributed by atoms with Gasteiger partial charge in [-0.2, -0.15) is 0 Å². The molecule has 1 aromatic carbocycles. The summed E-state index contributed by atoms with van der Waals surface area (Å²) in [5, 5.41) is 9.56. The zero-order valence-electron chi connectivity index (χ0n) is 13.8. The zero-order valence-corrected chi connectivity index (χ0v) is 14.6. The molecule has 3 aliphatic heterocycles. The van der Waals surface area contributed by atoms with Gasteiger partial charge in [-0.3, -0.25) is 4.90 Å². The smallest absolute Gasteiger partial charge is 0.212 e. The van der Waals surface area contributed by atoms with E-state index in [2.05, 4.69) is 15.4 Å². The molecule has 1 spiro atoms. The Labute approximate surface area is 146 Å². The molecule has 4 fully saturated rings. The number of benzene rings is 1. The minimum absolute atomic E-state index is 0.363. The van der Waals surface area contributed by atoms with Crippen LogP contribution in [0.2, 0.25) is 5.02 Å². The van der Waals surface area contributed by atoms with Crippen LogP contribution >= 0.6 is 11.6 Å². The molecule has 3 saturated heterocycles. The number of piperidine rings is 3. The number of anilines is 1. The topological polar surface area (TPSA) is 50.5 Å². The van der Waals surface area contributed by atoms with E-state index in [1.807, 2.05) is 19.1 Å². The van der Waals surface area contributed by atoms with E-state index in [9.17, 15) is 0 Å². The summed E-state index contributed by atoms with van der Waals surface area (Å²) in [6, 6.07) is 4.31. The molecule has 0 radical (unpaired) electrons. The van der Waals surface area contributed by atoms with Gasteiger partial charge in [0.25, 0.3) is 0 Å². The van der Waals surface area contributed by atoms with Crippen LogP contribution in [0.25, 0.3) is 11.0 Å². The molecule has 1 aromatic heterocycles. The summed E-state index contributed by atoms with van der Waals surface area (Å²) >= 11 is 6.25. The molecule has 1 unspecified atom stereocenters. The summed E-state index contributed by atoms with van der Waals surface area (Å²) in [6.07, 6.45) is 5.16. The molecule has 128 valence electrons. The average molecular weight is 348 g/mol. The number of hydrogen-bond acceptors (Lipinski definition) is 5. The predicted octanol–water partition coefficient (Wildman–Crippen LogP) is 3.92. The Kier molecular flexibility index (Phi) is 3.26. The van der Waals surface area contributed by atoms with Crippen LogP contribution in [0.1, 0.15) is 32.6 Å². The highest BCUT2D eigenvalue weighted by atomic mass is 35.5. The summed E-state index contributed by atoms with van der Waals surface area (Å²) in [6.45, 7) is 5.00. The largest absolute Gasteiger partial charge is 0.488 e. The predicted molar refractivity (Wildman–Crippen MR) is 93.9 cm³/mol. The lowest BCUT2D eigenvalue weighted by Gasteiger charge is -2.52. The van der Waals surface area contributed by atoms with Crippen LogP contribution < -0.4 is 10.1 Å². The SMILES string of the molecule is CCOc1c(Cl)ccc2c(NC3C4CCN(CC4)C34CC4)noc12. The third-order valence-corrected chi connectivity index (χ3v) is 6.41. The summed E-state index contributed by atoms with van der Waals surface area (Å²) in [5.41, 5.74) is 1.000. The van der Waals surface area contributed by atoms with Crippen molar-refractivity contribution in [3.05, 3.63) is 17.2 Å². The van der Waals surface area contributed by atoms with E-state index in [0.29, 0.717) is 34.5 Å². The monoisotopic (exact) mass is 347 g/mol. The number of nitrogens with one attached hydrogen (secondary N) is 1. The molecule has 1 N–H and O–H groups in total. The molecule has 2 bridgehead atoms. The van der Waals surface area contributed by atoms with E-state index in [1.54, 1.807) is 0 Å². The van der Waals surface area contributed by atoms with Crippen molar-refractivity contribution in [1.29, 1.82) is 0 Å². The van der Waals surface area contributed by atoms with Crippen molar-refractivity contribution < 1.29 is 9.26 Å². The van der Waals surface area contributed by atoms with Gasteiger partial charge in [0.05, 0.1) is 17.0 Å². The maximum Gasteiger partial charge on any atom is 0.212 e. The normalized spacial score (nSPS) is 30.0. The molecule has 4 heterocycles. The number of rotatable bonds is 4. The first-order valence-corrected chi connectivity index (χ1v) is 9.33. The molecule has 1 saturated carbocycles. The van der Waals surface area contributed by atoms with E-state index in [1.165, 1.54) is 38.8 Å². The van der Waals surface area contributed by atoms with Crippen LogP contribution in [0.3, 0.4) is 0 Å². The Hall–Kier alpha value is -1.46. The maximum atomic E-state index is 6.25. The van der Waals surface area contributed by atoms with Gasteiger partial charge in [-0.1, -0.05) is 16.8 Å². The van der Waals surface area contributed by atoms with Crippen LogP contribution in [-0.2, 0) is 0 Å². The highest BCUT2D eigenvalue weighted by molar-refractivity contribution is 6.33. The molecule has 5 nitrogen and oxygen atoms in total. The van der Waals surface area contributed by atoms with Gasteiger partial charge in [0.1, 0.15) is 0 Å². The Morgan fingerprint density at radius 1 is 1.38 bits per heavy atom. The highest BCUT2D eigenvalue weighted by Gasteiger charge is 2.60. The second-order valence-electron chi connectivity index (χ2n) is 7.27. The number of hydrogen-bond donors (Lipinski definition) is 1. The Bertz CT molecular complexity index is 778. The van der Waals surface area contributed by atoms with E-state index in [4.69, 9.17) is 20.9 Å². The van der Waals surface area contributed by atoms with Crippen molar-refractivity contribution in [3.63, 3.8) is 0 Å². The van der Waals surface area contributed by atoms with Crippen LogP contribution in [0.4, 0.5) is 5.82 Å². The van der Waals surface area contributed by atoms with Crippen molar-refractivity contribution in [2.45, 2.75) is 44.2 Å². The second-order valence-corrected chi connectivity index (χ2v) is 7.67. The van der Waals surface area contributed by atoms with Gasteiger partial charge in [-0.15, -0.1) is 0 Å². The van der Waals surface area contributed by atoms with Gasteiger partial charge < -0.3 is 14.6 Å². The summed E-state index contributed by atoms with van der Waals surface area (Å²) in [7, 11) is 0. The van der Waals surface area contributed by atoms with Crippen LogP contribution in [0.5, 0.6) is 5.75 Å². The van der Waals surface area contributed by atoms with Crippen LogP contribution in [0.15, 0.2) is 16.7 Å². The quantitative estimate of drug-likeness (QED) is 0.908. The van der Waals surface area contributed by atoms with Gasteiger partial charge in [0, 0.05) is 11.6 Å². The van der Waals surface area contributed by atoms with E-state index < -0.39 is 0 Å². The minimum Gasteiger partial charge on any atom is -0.488 e. The third kappa shape index (κ3) is 2.01. The standard InChI is InChI=1S/C18H22ClN3O2/c1-2-23-15-13(19)4-3-12-14(15)24-21-17(12)20-16-11-5-9-22(10-6-11)18(16)7-8-18/h3-4,11,16H,2,5-10H2,1H3,(H,20,21). The number of fused-ring (bicyclic) bond motifs is 3. The van der Waals surface area contributed by atoms with Crippen LogP contribution in [0, 0.1) is 5.92 Å². The fourth-order valence-electron chi connectivity index (χ4n) is 4.81. The molecular weight excluding hydrogens is 326 g/mol. The maximum absolute atomic E-state index is 6.25. The fraction of sp³-hybridized carbons (Fsp3) is 0.611. The summed E-state index contributed by atoms with van der Waals surface area (Å²) in [4.78, 5) is 2.69. The molecule has 24 heavy (non-hydrogen) atoms. The Morgan fingerprint density at radius 3 is 2.88 bits per heavy atom. The van der Waals surface area contributed by atoms with Crippen molar-refractivity contribution >= 4 is 28.4 Å². The Morgan fingerprint density at radius 2 is 2.17 bits per heavy atom. The van der Waals surface area contributed by atoms with Gasteiger partial charge in [0.2, 0.25) is 5.58 Å². The number of ether oxygens (including phenoxy) is 1. The first-order valence-electron chi connectivity index (χ1n) is 8.95. The number of nitrogens with zero attached hydrogens (tertiary/aromatic N) is 2. The van der Waals surface area contributed by atoms with Crippen LogP contribution in [-0.4, -0.2) is 41.3 Å². The Balaban J connectivity index is 1.51. The average Bonchev–Trinajstić information content (AvgIpc) is 3.28. The molecule has 1 aliphatic carbocycles. The van der Waals surface area contributed by atoms with Crippen molar-refractivity contribution in [2.75, 3.05) is 25.0 Å². The number of halogens is 1. The lowest BCUT2D eigenvalue weighted by atomic mass is 9.77. The van der Waals surface area contributed by atoms with E-state index in [0.717, 1.165) is 17.1 Å². The minimum atomic E-state index is 0.363. The molecule has 2 aromatic rings. The summed E-state index contributed by atoms with van der Waals surface area (Å²) in [5.74, 6) is 2.16. The number of aromatic nitrogens is 1. The molecule has 0 amide bonds. The lowest BCUT2D eigenvalue weighted by molar-refractivity contribution is 0.0202. The first-order chi connectivity index (χ1) is 11.7. The molecule has 4 aliphatic rings. The van der Waals surface area contributed by atoms with Gasteiger partial charge >= 0.3 is 0 Å². The zero-order chi connectivity index (χ0) is 16.3. The van der Waals surface area contributed by atoms with Crippen molar-refractivity contribution in [1.82, 2.24) is 10.1 Å². The van der Waals surface area contributed by atoms with Gasteiger partial charge in [-0.05, 0) is 63.7 Å². The van der Waals surface area contributed by atoms with Gasteiger partial charge in [-0.25, -0.2) is 0 Å². The first kappa shape index (κ1) is 14.8. The van der Waals surface area contributed by atoms with E-state index >= 15 is 0 Å². The second kappa shape index (κ2) is 5.27. The van der Waals surface area contributed by atoms with E-state index in [-0.39, 0.29) is 0 Å². The molecule has 6 rings (SSSR count). The third-order valence-electron chi connectivity index (χ3n) is 6.11. The molecule has 1 atom stereocenters. The fourth-order valence-corrected chi connectivity index (χ4v) is 5.01. The molecular formula is C18H22ClN3O2. The van der Waals surface area contributed by atoms with Crippen molar-refractivity contribution in [2.24, 2.45) is 5.92 Å². The highest BCUT2D eigenvalue weighted by Crippen LogP contribution is 2.54. The summed E-state index contributed by atoms with van der Waals surface area (Å²) < 4.78 is 11.2. The lowest BCUT2D eigenvalue weighted by Crippen LogP contribution is -2.62. The molecule has 6 heteroatoms. The van der Waals surface area contributed by atoms with Gasteiger partial charge in [0.15, 0.2) is 11.6 Å². The van der Waals surface area contributed by atoms with Crippen molar-refractivity contribution in [3.8, 4) is 5.75 Å².